The molecule has 1 heterocycles. The number of nitrogens with one attached hydrogen (secondary N) is 1. The Balaban J connectivity index is 1.96. The zero-order valence-electron chi connectivity index (χ0n) is 10.0. The number of aromatic nitrogens is 1. The second kappa shape index (κ2) is 5.27. The third kappa shape index (κ3) is 3.03. The summed E-state index contributed by atoms with van der Waals surface area (Å²) in [5, 5.41) is 12.4. The second-order valence-electron chi connectivity index (χ2n) is 4.65. The summed E-state index contributed by atoms with van der Waals surface area (Å²) in [6.07, 6.45) is 4.67. The van der Waals surface area contributed by atoms with Crippen LogP contribution >= 0.6 is 0 Å². The lowest BCUT2D eigenvalue weighted by atomic mass is 9.93. The summed E-state index contributed by atoms with van der Waals surface area (Å²) in [4.78, 5) is 16.1. The van der Waals surface area contributed by atoms with Gasteiger partial charge in [0.2, 0.25) is 0 Å². The van der Waals surface area contributed by atoms with E-state index in [0.29, 0.717) is 5.69 Å². The van der Waals surface area contributed by atoms with Crippen LogP contribution in [0, 0.1) is 6.92 Å². The number of hydrogen-bond donors (Lipinski definition) is 2. The highest BCUT2D eigenvalue weighted by atomic mass is 16.3. The van der Waals surface area contributed by atoms with Crippen molar-refractivity contribution in [1.29, 1.82) is 0 Å². The molecular weight excluding hydrogens is 216 g/mol. The Morgan fingerprint density at radius 2 is 2.12 bits per heavy atom. The van der Waals surface area contributed by atoms with E-state index in [1.54, 1.807) is 6.20 Å². The molecule has 2 rings (SSSR count). The van der Waals surface area contributed by atoms with Crippen molar-refractivity contribution in [2.45, 2.75) is 44.8 Å². The van der Waals surface area contributed by atoms with Crippen LogP contribution in [-0.2, 0) is 0 Å². The lowest BCUT2D eigenvalue weighted by Crippen LogP contribution is -2.39. The van der Waals surface area contributed by atoms with E-state index in [9.17, 15) is 9.90 Å². The largest absolute Gasteiger partial charge is 0.393 e. The van der Waals surface area contributed by atoms with Gasteiger partial charge in [0.15, 0.2) is 0 Å². The Morgan fingerprint density at radius 1 is 1.41 bits per heavy atom. The number of aliphatic hydroxyl groups excluding tert-OH is 1. The average Bonchev–Trinajstić information content (AvgIpc) is 2.32. The first kappa shape index (κ1) is 12.0. The molecule has 0 radical (unpaired) electrons. The molecule has 1 saturated carbocycles. The van der Waals surface area contributed by atoms with Crippen LogP contribution in [0.15, 0.2) is 18.3 Å². The van der Waals surface area contributed by atoms with Gasteiger partial charge in [0, 0.05) is 12.2 Å². The number of hydrogen-bond acceptors (Lipinski definition) is 3. The summed E-state index contributed by atoms with van der Waals surface area (Å²) in [7, 11) is 0. The predicted molar refractivity (Wildman–Crippen MR) is 64.7 cm³/mol. The SMILES string of the molecule is Cc1cccnc1C(=O)NC1CCC(O)CC1. The van der Waals surface area contributed by atoms with Crippen LogP contribution in [0.1, 0.15) is 41.7 Å². The Labute approximate surface area is 101 Å². The molecule has 0 aliphatic heterocycles. The van der Waals surface area contributed by atoms with Crippen molar-refractivity contribution in [3.05, 3.63) is 29.6 Å². The van der Waals surface area contributed by atoms with Crippen LogP contribution in [0.25, 0.3) is 0 Å². The maximum Gasteiger partial charge on any atom is 0.270 e. The number of aryl methyl sites for hydroxylation is 1. The topological polar surface area (TPSA) is 62.2 Å². The fraction of sp³-hybridized carbons (Fsp3) is 0.538. The van der Waals surface area contributed by atoms with E-state index in [4.69, 9.17) is 0 Å². The molecule has 0 spiro atoms. The first-order valence-electron chi connectivity index (χ1n) is 6.07. The van der Waals surface area contributed by atoms with Crippen molar-refractivity contribution in [2.75, 3.05) is 0 Å². The second-order valence-corrected chi connectivity index (χ2v) is 4.65. The molecule has 4 heteroatoms. The van der Waals surface area contributed by atoms with Crippen LogP contribution < -0.4 is 5.32 Å². The van der Waals surface area contributed by atoms with Gasteiger partial charge in [-0.05, 0) is 44.2 Å². The molecule has 4 nitrogen and oxygen atoms in total. The molecule has 0 saturated heterocycles. The van der Waals surface area contributed by atoms with E-state index in [2.05, 4.69) is 10.3 Å². The lowest BCUT2D eigenvalue weighted by Gasteiger charge is -2.26. The van der Waals surface area contributed by atoms with Crippen LogP contribution in [0.5, 0.6) is 0 Å². The Kier molecular flexibility index (Phi) is 3.74. The van der Waals surface area contributed by atoms with Crippen molar-refractivity contribution in [1.82, 2.24) is 10.3 Å². The third-order valence-corrected chi connectivity index (χ3v) is 3.26. The number of aliphatic hydroxyl groups is 1. The van der Waals surface area contributed by atoms with Crippen molar-refractivity contribution in [3.63, 3.8) is 0 Å². The quantitative estimate of drug-likeness (QED) is 0.813. The zero-order valence-corrected chi connectivity index (χ0v) is 10.0. The van der Waals surface area contributed by atoms with Gasteiger partial charge in [-0.3, -0.25) is 9.78 Å². The third-order valence-electron chi connectivity index (χ3n) is 3.26. The highest BCUT2D eigenvalue weighted by Gasteiger charge is 2.22. The summed E-state index contributed by atoms with van der Waals surface area (Å²) in [5.41, 5.74) is 1.39. The van der Waals surface area contributed by atoms with Crippen molar-refractivity contribution >= 4 is 5.91 Å². The highest BCUT2D eigenvalue weighted by molar-refractivity contribution is 5.93. The summed E-state index contributed by atoms with van der Waals surface area (Å²) >= 11 is 0. The van der Waals surface area contributed by atoms with Crippen molar-refractivity contribution in [3.8, 4) is 0 Å². The highest BCUT2D eigenvalue weighted by Crippen LogP contribution is 2.18. The Bertz CT molecular complexity index is 398. The van der Waals surface area contributed by atoms with E-state index in [0.717, 1.165) is 31.2 Å². The molecule has 92 valence electrons. The molecule has 0 bridgehead atoms. The van der Waals surface area contributed by atoms with Gasteiger partial charge in [-0.25, -0.2) is 0 Å². The predicted octanol–water partition coefficient (Wildman–Crippen LogP) is 1.42. The van der Waals surface area contributed by atoms with Crippen molar-refractivity contribution < 1.29 is 9.90 Å². The summed E-state index contributed by atoms with van der Waals surface area (Å²) in [5.74, 6) is -0.107. The van der Waals surface area contributed by atoms with Crippen LogP contribution in [0.3, 0.4) is 0 Å². The van der Waals surface area contributed by atoms with E-state index in [1.165, 1.54) is 0 Å². The normalized spacial score (nSPS) is 24.4. The minimum Gasteiger partial charge on any atom is -0.393 e. The average molecular weight is 234 g/mol. The van der Waals surface area contributed by atoms with Gasteiger partial charge < -0.3 is 10.4 Å². The maximum atomic E-state index is 12.0. The molecule has 0 aromatic carbocycles. The summed E-state index contributed by atoms with van der Waals surface area (Å²) in [6.45, 7) is 1.88. The summed E-state index contributed by atoms with van der Waals surface area (Å²) < 4.78 is 0. The molecule has 1 fully saturated rings. The number of carbonyl (C=O) groups excluding carboxylic acids is 1. The molecule has 1 aliphatic carbocycles. The number of nitrogens with zero attached hydrogens (tertiary/aromatic N) is 1. The molecule has 1 aromatic heterocycles. The molecule has 2 N–H and O–H groups in total. The molecule has 0 unspecified atom stereocenters. The smallest absolute Gasteiger partial charge is 0.270 e. The lowest BCUT2D eigenvalue weighted by molar-refractivity contribution is 0.0862. The van der Waals surface area contributed by atoms with Crippen molar-refractivity contribution in [2.24, 2.45) is 0 Å². The maximum absolute atomic E-state index is 12.0. The number of amides is 1. The molecule has 0 atom stereocenters. The van der Waals surface area contributed by atoms with Gasteiger partial charge in [-0.15, -0.1) is 0 Å². The van der Waals surface area contributed by atoms with Crippen LogP contribution in [-0.4, -0.2) is 28.1 Å². The number of rotatable bonds is 2. The van der Waals surface area contributed by atoms with E-state index in [1.807, 2.05) is 19.1 Å². The fourth-order valence-corrected chi connectivity index (χ4v) is 2.20. The van der Waals surface area contributed by atoms with Gasteiger partial charge in [0.05, 0.1) is 6.10 Å². The van der Waals surface area contributed by atoms with Crippen LogP contribution in [0.4, 0.5) is 0 Å². The molecule has 1 amide bonds. The zero-order chi connectivity index (χ0) is 12.3. The first-order chi connectivity index (χ1) is 8.16. The molecular formula is C13H18N2O2. The van der Waals surface area contributed by atoms with Gasteiger partial charge in [0.25, 0.3) is 5.91 Å². The van der Waals surface area contributed by atoms with Gasteiger partial charge >= 0.3 is 0 Å². The minimum atomic E-state index is -0.195. The van der Waals surface area contributed by atoms with E-state index < -0.39 is 0 Å². The molecule has 1 aromatic rings. The minimum absolute atomic E-state index is 0.107. The first-order valence-corrected chi connectivity index (χ1v) is 6.07. The summed E-state index contributed by atoms with van der Waals surface area (Å²) in [6, 6.07) is 3.88. The fourth-order valence-electron chi connectivity index (χ4n) is 2.20. The number of carbonyl (C=O) groups is 1. The molecule has 17 heavy (non-hydrogen) atoms. The van der Waals surface area contributed by atoms with E-state index >= 15 is 0 Å². The standard InChI is InChI=1S/C13H18N2O2/c1-9-3-2-8-14-12(9)13(17)15-10-4-6-11(16)7-5-10/h2-3,8,10-11,16H,4-7H2,1H3,(H,15,17). The van der Waals surface area contributed by atoms with E-state index in [-0.39, 0.29) is 18.1 Å². The number of pyridine rings is 1. The Morgan fingerprint density at radius 3 is 2.76 bits per heavy atom. The Hall–Kier alpha value is -1.42. The van der Waals surface area contributed by atoms with Gasteiger partial charge in [0.1, 0.15) is 5.69 Å². The van der Waals surface area contributed by atoms with Crippen LogP contribution in [0.2, 0.25) is 0 Å². The van der Waals surface area contributed by atoms with Gasteiger partial charge in [-0.1, -0.05) is 6.07 Å². The monoisotopic (exact) mass is 234 g/mol. The van der Waals surface area contributed by atoms with Gasteiger partial charge in [-0.2, -0.15) is 0 Å². The molecule has 1 aliphatic rings.